The summed E-state index contributed by atoms with van der Waals surface area (Å²) < 4.78 is 0. The summed E-state index contributed by atoms with van der Waals surface area (Å²) in [4.78, 5) is 18.2. The van der Waals surface area contributed by atoms with Crippen LogP contribution in [0.4, 0.5) is 0 Å². The molecule has 48 valence electrons. The minimum absolute atomic E-state index is 1.00. The van der Waals surface area contributed by atoms with Crippen LogP contribution in [0.15, 0.2) is 0 Å². The van der Waals surface area contributed by atoms with Crippen LogP contribution in [-0.2, 0) is 9.59 Å². The Morgan fingerprint density at radius 3 is 1.12 bits per heavy atom. The van der Waals surface area contributed by atoms with Gasteiger partial charge in [0.25, 0.3) is 0 Å². The molecular formula is C3H6O5. The Kier molecular flexibility index (Phi) is 7.38. The number of aliphatic hydroxyl groups is 1. The maximum atomic E-state index is 9.10. The Morgan fingerprint density at radius 1 is 1.00 bits per heavy atom. The third kappa shape index (κ3) is 8.86. The zero-order chi connectivity index (χ0) is 7.15. The zero-order valence-corrected chi connectivity index (χ0v) is 4.16. The smallest absolute Gasteiger partial charge is 0.414 e. The molecule has 5 nitrogen and oxygen atoms in total. The molecule has 0 atom stereocenters. The Labute approximate surface area is 45.2 Å². The predicted molar refractivity (Wildman–Crippen MR) is 23.4 cm³/mol. The number of aliphatic carboxylic acids is 2. The van der Waals surface area contributed by atoms with E-state index >= 15 is 0 Å². The molecule has 0 saturated carbocycles. The molecule has 0 radical (unpaired) electrons. The van der Waals surface area contributed by atoms with Crippen molar-refractivity contribution in [3.63, 3.8) is 0 Å². The lowest BCUT2D eigenvalue weighted by Gasteiger charge is -1.72. The molecule has 3 N–H and O–H groups in total. The van der Waals surface area contributed by atoms with E-state index in [0.717, 1.165) is 7.11 Å². The van der Waals surface area contributed by atoms with Crippen molar-refractivity contribution in [2.75, 3.05) is 7.11 Å². The van der Waals surface area contributed by atoms with Crippen molar-refractivity contribution >= 4 is 11.9 Å². The van der Waals surface area contributed by atoms with Crippen LogP contribution in [0.5, 0.6) is 0 Å². The maximum absolute atomic E-state index is 9.10. The second kappa shape index (κ2) is 5.90. The molecule has 0 aliphatic heterocycles. The van der Waals surface area contributed by atoms with E-state index < -0.39 is 11.9 Å². The van der Waals surface area contributed by atoms with Gasteiger partial charge >= 0.3 is 11.9 Å². The van der Waals surface area contributed by atoms with Crippen molar-refractivity contribution in [2.45, 2.75) is 0 Å². The van der Waals surface area contributed by atoms with Gasteiger partial charge in [-0.05, 0) is 0 Å². The second-order valence-electron chi connectivity index (χ2n) is 0.610. The van der Waals surface area contributed by atoms with Crippen LogP contribution >= 0.6 is 0 Å². The molecule has 0 fully saturated rings. The van der Waals surface area contributed by atoms with Gasteiger partial charge in [-0.15, -0.1) is 0 Å². The summed E-state index contributed by atoms with van der Waals surface area (Å²) in [5.41, 5.74) is 0. The number of carboxylic acid groups (broad SMARTS) is 2. The van der Waals surface area contributed by atoms with Crippen LogP contribution in [-0.4, -0.2) is 34.4 Å². The van der Waals surface area contributed by atoms with Crippen molar-refractivity contribution in [3.05, 3.63) is 0 Å². The van der Waals surface area contributed by atoms with Gasteiger partial charge in [0.1, 0.15) is 0 Å². The minimum atomic E-state index is -1.82. The Hall–Kier alpha value is -1.10. The van der Waals surface area contributed by atoms with Gasteiger partial charge in [0.2, 0.25) is 0 Å². The van der Waals surface area contributed by atoms with Crippen LogP contribution in [0.1, 0.15) is 0 Å². The second-order valence-corrected chi connectivity index (χ2v) is 0.610. The lowest BCUT2D eigenvalue weighted by atomic mass is 10.7. The van der Waals surface area contributed by atoms with Crippen molar-refractivity contribution in [3.8, 4) is 0 Å². The first-order chi connectivity index (χ1) is 3.64. The monoisotopic (exact) mass is 122 g/mol. The fourth-order valence-corrected chi connectivity index (χ4v) is 0. The number of hydrogen-bond donors (Lipinski definition) is 3. The van der Waals surface area contributed by atoms with E-state index in [2.05, 4.69) is 0 Å². The molecule has 0 saturated heterocycles. The average molecular weight is 122 g/mol. The van der Waals surface area contributed by atoms with Crippen molar-refractivity contribution in [1.82, 2.24) is 0 Å². The van der Waals surface area contributed by atoms with Crippen molar-refractivity contribution in [1.29, 1.82) is 0 Å². The molecule has 0 unspecified atom stereocenters. The van der Waals surface area contributed by atoms with Crippen LogP contribution in [0.25, 0.3) is 0 Å². The largest absolute Gasteiger partial charge is 0.473 e. The Balaban J connectivity index is 0. The number of carbonyl (C=O) groups is 2. The number of carboxylic acids is 2. The Morgan fingerprint density at radius 2 is 1.12 bits per heavy atom. The quantitative estimate of drug-likeness (QED) is 0.349. The van der Waals surface area contributed by atoms with E-state index in [9.17, 15) is 0 Å². The first-order valence-electron chi connectivity index (χ1n) is 1.55. The molecule has 0 bridgehead atoms. The molecule has 5 heteroatoms. The van der Waals surface area contributed by atoms with E-state index in [-0.39, 0.29) is 0 Å². The highest BCUT2D eigenvalue weighted by Crippen LogP contribution is 1.56. The van der Waals surface area contributed by atoms with E-state index in [4.69, 9.17) is 24.9 Å². The molecular weight excluding hydrogens is 116 g/mol. The molecule has 0 aliphatic rings. The molecule has 0 spiro atoms. The topological polar surface area (TPSA) is 94.8 Å². The van der Waals surface area contributed by atoms with Crippen LogP contribution in [0, 0.1) is 0 Å². The van der Waals surface area contributed by atoms with Crippen molar-refractivity contribution in [2.24, 2.45) is 0 Å². The minimum Gasteiger partial charge on any atom is -0.473 e. The molecule has 0 aliphatic carbocycles. The van der Waals surface area contributed by atoms with Gasteiger partial charge in [0, 0.05) is 7.11 Å². The highest BCUT2D eigenvalue weighted by atomic mass is 16.4. The third-order valence-electron chi connectivity index (χ3n) is 0.183. The normalized spacial score (nSPS) is 6.25. The molecule has 0 aromatic heterocycles. The number of aliphatic hydroxyl groups excluding tert-OH is 1. The fourth-order valence-electron chi connectivity index (χ4n) is 0. The predicted octanol–water partition coefficient (Wildman–Crippen LogP) is -1.24. The standard InChI is InChI=1S/C2H2O4.CH4O/c3-1(4)2(5)6;1-2/h(H,3,4)(H,5,6);2H,1H3. The van der Waals surface area contributed by atoms with Gasteiger partial charge in [-0.2, -0.15) is 0 Å². The van der Waals surface area contributed by atoms with E-state index in [1.165, 1.54) is 0 Å². The average Bonchev–Trinajstić information content (AvgIpc) is 1.72. The zero-order valence-electron chi connectivity index (χ0n) is 4.16. The molecule has 0 aromatic carbocycles. The molecule has 0 aromatic rings. The van der Waals surface area contributed by atoms with E-state index in [1.807, 2.05) is 0 Å². The van der Waals surface area contributed by atoms with Gasteiger partial charge in [0.05, 0.1) is 0 Å². The van der Waals surface area contributed by atoms with Gasteiger partial charge in [-0.3, -0.25) is 0 Å². The maximum Gasteiger partial charge on any atom is 0.414 e. The van der Waals surface area contributed by atoms with Crippen LogP contribution < -0.4 is 0 Å². The van der Waals surface area contributed by atoms with Gasteiger partial charge in [-0.25, -0.2) is 9.59 Å². The van der Waals surface area contributed by atoms with Crippen molar-refractivity contribution < 1.29 is 24.9 Å². The van der Waals surface area contributed by atoms with Crippen LogP contribution in [0.3, 0.4) is 0 Å². The van der Waals surface area contributed by atoms with E-state index in [1.54, 1.807) is 0 Å². The van der Waals surface area contributed by atoms with E-state index in [0.29, 0.717) is 0 Å². The summed E-state index contributed by atoms with van der Waals surface area (Å²) in [5.74, 6) is -3.65. The lowest BCUT2D eigenvalue weighted by molar-refractivity contribution is -0.159. The van der Waals surface area contributed by atoms with Gasteiger partial charge in [0.15, 0.2) is 0 Å². The highest BCUT2D eigenvalue weighted by Gasteiger charge is 2.04. The molecule has 0 rings (SSSR count). The Bertz CT molecular complexity index is 73.7. The highest BCUT2D eigenvalue weighted by molar-refractivity contribution is 6.27. The fraction of sp³-hybridized carbons (Fsp3) is 0.333. The molecule has 0 amide bonds. The lowest BCUT2D eigenvalue weighted by Crippen LogP contribution is -2.09. The van der Waals surface area contributed by atoms with Gasteiger partial charge < -0.3 is 15.3 Å². The third-order valence-corrected chi connectivity index (χ3v) is 0.183. The summed E-state index contributed by atoms with van der Waals surface area (Å²) in [7, 11) is 1.00. The first-order valence-corrected chi connectivity index (χ1v) is 1.55. The summed E-state index contributed by atoms with van der Waals surface area (Å²) in [6.07, 6.45) is 0. The number of hydrogen-bond acceptors (Lipinski definition) is 3. The molecule has 8 heavy (non-hydrogen) atoms. The summed E-state index contributed by atoms with van der Waals surface area (Å²) in [6, 6.07) is 0. The van der Waals surface area contributed by atoms with Gasteiger partial charge in [-0.1, -0.05) is 0 Å². The van der Waals surface area contributed by atoms with Crippen LogP contribution in [0.2, 0.25) is 0 Å². The SMILES string of the molecule is CO.O=C(O)C(=O)O. The summed E-state index contributed by atoms with van der Waals surface area (Å²) in [5, 5.41) is 21.8. The molecule has 0 heterocycles. The number of rotatable bonds is 0. The summed E-state index contributed by atoms with van der Waals surface area (Å²) >= 11 is 0. The first kappa shape index (κ1) is 10.0. The summed E-state index contributed by atoms with van der Waals surface area (Å²) in [6.45, 7) is 0.